The Hall–Kier alpha value is -1.12. The summed E-state index contributed by atoms with van der Waals surface area (Å²) in [7, 11) is 0. The lowest BCUT2D eigenvalue weighted by molar-refractivity contribution is -0.148. The number of hydrogen-bond donors (Lipinski definition) is 0. The number of Topliss-reactive ketones (excluding diaryl/α,β-unsaturated/α-hetero) is 1. The van der Waals surface area contributed by atoms with Gasteiger partial charge in [-0.2, -0.15) is 0 Å². The summed E-state index contributed by atoms with van der Waals surface area (Å²) < 4.78 is 5.59. The van der Waals surface area contributed by atoms with Crippen LogP contribution in [0, 0.1) is 40.4 Å². The van der Waals surface area contributed by atoms with Gasteiger partial charge in [-0.3, -0.25) is 4.79 Å². The zero-order valence-electron chi connectivity index (χ0n) is 20.5. The van der Waals surface area contributed by atoms with Crippen molar-refractivity contribution >= 4 is 11.8 Å². The molecule has 0 bridgehead atoms. The molecule has 3 nitrogen and oxygen atoms in total. The molecule has 0 aliphatic heterocycles. The second kappa shape index (κ2) is 8.67. The fourth-order valence-corrected chi connectivity index (χ4v) is 8.81. The molecule has 0 radical (unpaired) electrons. The fourth-order valence-electron chi connectivity index (χ4n) is 8.81. The molecule has 0 amide bonds. The lowest BCUT2D eigenvalue weighted by Gasteiger charge is -2.58. The molecule has 3 fully saturated rings. The van der Waals surface area contributed by atoms with Crippen LogP contribution in [0.15, 0.2) is 11.6 Å². The minimum Gasteiger partial charge on any atom is -0.462 e. The maximum absolute atomic E-state index is 11.5. The Morgan fingerprint density at radius 1 is 1.10 bits per heavy atom. The molecule has 31 heavy (non-hydrogen) atoms. The highest BCUT2D eigenvalue weighted by molar-refractivity contribution is 5.75. The van der Waals surface area contributed by atoms with E-state index in [4.69, 9.17) is 4.74 Å². The van der Waals surface area contributed by atoms with Gasteiger partial charge in [0.1, 0.15) is 11.9 Å². The first kappa shape index (κ1) is 23.1. The van der Waals surface area contributed by atoms with E-state index in [9.17, 15) is 9.59 Å². The van der Waals surface area contributed by atoms with Gasteiger partial charge in [-0.1, -0.05) is 38.8 Å². The number of fused-ring (bicyclic) bond motifs is 5. The van der Waals surface area contributed by atoms with Crippen molar-refractivity contribution in [2.45, 2.75) is 111 Å². The van der Waals surface area contributed by atoms with E-state index in [2.05, 4.69) is 26.8 Å². The molecular formula is C28H44O3. The maximum Gasteiger partial charge on any atom is 0.302 e. The Balaban J connectivity index is 1.47. The number of carbonyl (C=O) groups is 2. The van der Waals surface area contributed by atoms with Gasteiger partial charge >= 0.3 is 5.97 Å². The van der Waals surface area contributed by atoms with E-state index in [1.54, 1.807) is 19.4 Å². The van der Waals surface area contributed by atoms with Crippen molar-refractivity contribution in [3.8, 4) is 0 Å². The van der Waals surface area contributed by atoms with Crippen LogP contribution in [-0.4, -0.2) is 17.9 Å². The van der Waals surface area contributed by atoms with Crippen LogP contribution in [0.5, 0.6) is 0 Å². The second-order valence-electron chi connectivity index (χ2n) is 12.0. The van der Waals surface area contributed by atoms with Crippen molar-refractivity contribution in [3.63, 3.8) is 0 Å². The predicted octanol–water partition coefficient (Wildman–Crippen LogP) is 6.89. The number of esters is 1. The highest BCUT2D eigenvalue weighted by Gasteiger charge is 2.59. The minimum atomic E-state index is -0.134. The molecule has 8 atom stereocenters. The summed E-state index contributed by atoms with van der Waals surface area (Å²) in [4.78, 5) is 22.8. The van der Waals surface area contributed by atoms with Gasteiger partial charge in [-0.05, 0) is 98.7 Å². The summed E-state index contributed by atoms with van der Waals surface area (Å²) in [6.07, 6.45) is 15.6. The summed E-state index contributed by atoms with van der Waals surface area (Å²) >= 11 is 0. The average molecular weight is 429 g/mol. The highest BCUT2D eigenvalue weighted by atomic mass is 16.5. The molecule has 3 heteroatoms. The quantitative estimate of drug-likeness (QED) is 0.342. The van der Waals surface area contributed by atoms with Crippen LogP contribution in [0.3, 0.4) is 0 Å². The van der Waals surface area contributed by atoms with Gasteiger partial charge in [0.15, 0.2) is 0 Å². The lowest BCUT2D eigenvalue weighted by atomic mass is 9.47. The van der Waals surface area contributed by atoms with E-state index in [0.717, 1.165) is 55.3 Å². The monoisotopic (exact) mass is 428 g/mol. The van der Waals surface area contributed by atoms with E-state index >= 15 is 0 Å². The third kappa shape index (κ3) is 4.15. The summed E-state index contributed by atoms with van der Waals surface area (Å²) in [6.45, 7) is 10.9. The Labute approximate surface area is 189 Å². The molecule has 3 saturated carbocycles. The lowest BCUT2D eigenvalue weighted by Crippen LogP contribution is -2.51. The molecule has 0 aromatic carbocycles. The highest BCUT2D eigenvalue weighted by Crippen LogP contribution is 2.67. The van der Waals surface area contributed by atoms with Crippen LogP contribution in [0.1, 0.15) is 105 Å². The molecule has 0 spiro atoms. The predicted molar refractivity (Wildman–Crippen MR) is 124 cm³/mol. The Kier molecular flexibility index (Phi) is 6.45. The fraction of sp³-hybridized carbons (Fsp3) is 0.857. The average Bonchev–Trinajstić information content (AvgIpc) is 3.05. The van der Waals surface area contributed by atoms with Crippen LogP contribution < -0.4 is 0 Å². The van der Waals surface area contributed by atoms with E-state index < -0.39 is 0 Å². The van der Waals surface area contributed by atoms with Crippen molar-refractivity contribution < 1.29 is 14.3 Å². The van der Waals surface area contributed by atoms with Crippen molar-refractivity contribution in [2.75, 3.05) is 0 Å². The SMILES string of the molecule is CC(=O)CCC[C@H](C)[C@H]1CC[C@H]2[C@@H]3CC=C4C[C@H](OC(C)=O)CC[C@]4(C)[C@H]3CC[C@]12C. The molecule has 0 saturated heterocycles. The van der Waals surface area contributed by atoms with Crippen molar-refractivity contribution in [2.24, 2.45) is 40.4 Å². The zero-order valence-corrected chi connectivity index (χ0v) is 20.5. The Morgan fingerprint density at radius 2 is 1.87 bits per heavy atom. The standard InChI is InChI=1S/C28H44O3/c1-18(7-6-8-19(2)29)24-11-12-25-23-10-9-21-17-22(31-20(3)30)13-15-27(21,4)26(23)14-16-28(24,25)5/h9,18,22-26H,6-8,10-17H2,1-5H3/t18-,22+,23-,24+,25-,26-,27-,28+/m0/s1. The van der Waals surface area contributed by atoms with Gasteiger partial charge in [0, 0.05) is 19.8 Å². The van der Waals surface area contributed by atoms with Gasteiger partial charge in [0.05, 0.1) is 0 Å². The summed E-state index contributed by atoms with van der Waals surface area (Å²) in [6, 6.07) is 0. The van der Waals surface area contributed by atoms with Crippen molar-refractivity contribution in [1.82, 2.24) is 0 Å². The van der Waals surface area contributed by atoms with E-state index in [1.165, 1.54) is 44.9 Å². The molecule has 0 N–H and O–H groups in total. The number of carbonyl (C=O) groups excluding carboxylic acids is 2. The van der Waals surface area contributed by atoms with E-state index in [1.807, 2.05) is 0 Å². The van der Waals surface area contributed by atoms with Gasteiger partial charge in [0.2, 0.25) is 0 Å². The minimum absolute atomic E-state index is 0.0916. The summed E-state index contributed by atoms with van der Waals surface area (Å²) in [5, 5.41) is 0. The first-order valence-electron chi connectivity index (χ1n) is 13.0. The molecule has 174 valence electrons. The van der Waals surface area contributed by atoms with Gasteiger partial charge in [-0.25, -0.2) is 0 Å². The number of ether oxygens (including phenoxy) is 1. The first-order valence-corrected chi connectivity index (χ1v) is 13.0. The van der Waals surface area contributed by atoms with Gasteiger partial charge in [0.25, 0.3) is 0 Å². The number of hydrogen-bond acceptors (Lipinski definition) is 3. The molecule has 0 unspecified atom stereocenters. The van der Waals surface area contributed by atoms with Crippen molar-refractivity contribution in [3.05, 3.63) is 11.6 Å². The summed E-state index contributed by atoms with van der Waals surface area (Å²) in [5.74, 6) is 4.24. The third-order valence-electron chi connectivity index (χ3n) is 10.3. The van der Waals surface area contributed by atoms with Crippen LogP contribution >= 0.6 is 0 Å². The van der Waals surface area contributed by atoms with E-state index in [-0.39, 0.29) is 12.1 Å². The Morgan fingerprint density at radius 3 is 2.58 bits per heavy atom. The number of allylic oxidation sites excluding steroid dienone is 1. The molecule has 0 aromatic heterocycles. The molecule has 4 aliphatic carbocycles. The Bertz CT molecular complexity index is 739. The smallest absolute Gasteiger partial charge is 0.302 e. The van der Waals surface area contributed by atoms with Crippen LogP contribution in [-0.2, 0) is 14.3 Å². The van der Waals surface area contributed by atoms with Gasteiger partial charge in [-0.15, -0.1) is 0 Å². The normalized spacial score (nSPS) is 42.6. The number of rotatable bonds is 6. The van der Waals surface area contributed by atoms with Crippen molar-refractivity contribution in [1.29, 1.82) is 0 Å². The zero-order chi connectivity index (χ0) is 22.4. The molecular weight excluding hydrogens is 384 g/mol. The molecule has 4 aliphatic rings. The summed E-state index contributed by atoms with van der Waals surface area (Å²) in [5.41, 5.74) is 2.38. The van der Waals surface area contributed by atoms with Crippen LogP contribution in [0.25, 0.3) is 0 Å². The molecule has 4 rings (SSSR count). The third-order valence-corrected chi connectivity index (χ3v) is 10.3. The van der Waals surface area contributed by atoms with Crippen LogP contribution in [0.2, 0.25) is 0 Å². The van der Waals surface area contributed by atoms with Gasteiger partial charge < -0.3 is 9.53 Å². The maximum atomic E-state index is 11.5. The largest absolute Gasteiger partial charge is 0.462 e. The topological polar surface area (TPSA) is 43.4 Å². The molecule has 0 aromatic rings. The second-order valence-corrected chi connectivity index (χ2v) is 12.0. The van der Waals surface area contributed by atoms with E-state index in [0.29, 0.717) is 16.6 Å². The van der Waals surface area contributed by atoms with Crippen LogP contribution in [0.4, 0.5) is 0 Å². The first-order chi connectivity index (χ1) is 14.6. The molecule has 0 heterocycles. The number of ketones is 1.